The fraction of sp³-hybridized carbons (Fsp3) is 0.200. The minimum Gasteiger partial charge on any atom is -0.263 e. The predicted octanol–water partition coefficient (Wildman–Crippen LogP) is 4.83. The van der Waals surface area contributed by atoms with E-state index in [1.165, 1.54) is 0 Å². The summed E-state index contributed by atoms with van der Waals surface area (Å²) in [4.78, 5) is -1.42. The van der Waals surface area contributed by atoms with Crippen molar-refractivity contribution < 1.29 is 43.5 Å². The van der Waals surface area contributed by atoms with E-state index >= 15 is 0 Å². The van der Waals surface area contributed by atoms with Gasteiger partial charge in [-0.15, -0.1) is 0 Å². The molecule has 0 aliphatic rings. The topological polar surface area (TPSA) is 37.4 Å². The molecule has 148 valence electrons. The van der Waals surface area contributed by atoms with Crippen LogP contribution in [0.25, 0.3) is 0 Å². The van der Waals surface area contributed by atoms with Gasteiger partial charge >= 0.3 is 12.4 Å². The molecule has 0 heterocycles. The van der Waals surface area contributed by atoms with Gasteiger partial charge in [-0.3, -0.25) is 4.31 Å². The molecule has 3 nitrogen and oxygen atoms in total. The maximum Gasteiger partial charge on any atom is 0.416 e. The maximum absolute atomic E-state index is 13.8. The third kappa shape index (κ3) is 4.15. The Labute approximate surface area is 147 Å². The van der Waals surface area contributed by atoms with Crippen molar-refractivity contribution in [2.75, 3.05) is 11.4 Å². The first-order chi connectivity index (χ1) is 12.2. The van der Waals surface area contributed by atoms with E-state index in [9.17, 15) is 43.5 Å². The second-order valence-electron chi connectivity index (χ2n) is 5.28. The molecule has 0 saturated carbocycles. The molecule has 0 fully saturated rings. The van der Waals surface area contributed by atoms with E-state index in [4.69, 9.17) is 0 Å². The molecule has 27 heavy (non-hydrogen) atoms. The minimum absolute atomic E-state index is 0.0418. The lowest BCUT2D eigenvalue weighted by molar-refractivity contribution is -0.143. The lowest BCUT2D eigenvalue weighted by atomic mass is 10.1. The number of halogens is 8. The highest BCUT2D eigenvalue weighted by Crippen LogP contribution is 2.38. The van der Waals surface area contributed by atoms with E-state index < -0.39 is 55.7 Å². The minimum atomic E-state index is -5.28. The highest BCUT2D eigenvalue weighted by atomic mass is 32.2. The van der Waals surface area contributed by atoms with Crippen molar-refractivity contribution in [1.82, 2.24) is 0 Å². The zero-order valence-corrected chi connectivity index (χ0v) is 14.0. The van der Waals surface area contributed by atoms with Crippen LogP contribution in [0, 0.1) is 11.6 Å². The first kappa shape index (κ1) is 20.9. The molecule has 0 saturated heterocycles. The first-order valence-corrected chi connectivity index (χ1v) is 8.32. The zero-order chi connectivity index (χ0) is 20.8. The van der Waals surface area contributed by atoms with Crippen LogP contribution in [0.1, 0.15) is 11.1 Å². The lowest BCUT2D eigenvalue weighted by Gasteiger charge is -2.22. The number of nitrogens with zero attached hydrogens (tertiary/aromatic N) is 1. The van der Waals surface area contributed by atoms with Crippen LogP contribution in [0.3, 0.4) is 0 Å². The molecule has 0 spiro atoms. The van der Waals surface area contributed by atoms with Crippen LogP contribution in [-0.2, 0) is 22.4 Å². The third-order valence-electron chi connectivity index (χ3n) is 3.47. The Morgan fingerprint density at radius 3 is 1.59 bits per heavy atom. The molecular formula is C15H9F8NO2S. The van der Waals surface area contributed by atoms with E-state index in [0.29, 0.717) is 19.2 Å². The maximum atomic E-state index is 13.8. The summed E-state index contributed by atoms with van der Waals surface area (Å²) in [5, 5.41) is 0. The second-order valence-corrected chi connectivity index (χ2v) is 7.25. The molecule has 0 aliphatic heterocycles. The van der Waals surface area contributed by atoms with Crippen LogP contribution >= 0.6 is 0 Å². The summed E-state index contributed by atoms with van der Waals surface area (Å²) in [6, 6.07) is 1.92. The van der Waals surface area contributed by atoms with Crippen LogP contribution in [0.2, 0.25) is 0 Å². The van der Waals surface area contributed by atoms with Gasteiger partial charge < -0.3 is 0 Å². The molecule has 0 atom stereocenters. The standard InChI is InChI=1S/C15H9F8NO2S/c1-24(13-11(16)3-2-4-12(13)17)27(25,26)10-6-8(14(18,19)20)5-9(7-10)15(21,22)23/h2-7H,1H3. The summed E-state index contributed by atoms with van der Waals surface area (Å²) in [7, 11) is -4.55. The van der Waals surface area contributed by atoms with Gasteiger partial charge in [0, 0.05) is 7.05 Å². The Bertz CT molecular complexity index is 914. The van der Waals surface area contributed by atoms with Gasteiger partial charge in [-0.05, 0) is 30.3 Å². The van der Waals surface area contributed by atoms with E-state index in [2.05, 4.69) is 0 Å². The van der Waals surface area contributed by atoms with Crippen molar-refractivity contribution in [2.24, 2.45) is 0 Å². The van der Waals surface area contributed by atoms with E-state index in [1.807, 2.05) is 0 Å². The summed E-state index contributed by atoms with van der Waals surface area (Å²) in [6.45, 7) is 0. The highest BCUT2D eigenvalue weighted by molar-refractivity contribution is 7.92. The van der Waals surface area contributed by atoms with Gasteiger partial charge in [0.25, 0.3) is 10.0 Å². The van der Waals surface area contributed by atoms with Crippen LogP contribution in [0.15, 0.2) is 41.3 Å². The summed E-state index contributed by atoms with van der Waals surface area (Å²) in [6.07, 6.45) is -10.6. The number of alkyl halides is 6. The predicted molar refractivity (Wildman–Crippen MR) is 78.4 cm³/mol. The molecule has 0 bridgehead atoms. The Kier molecular flexibility index (Phi) is 5.16. The average molecular weight is 419 g/mol. The highest BCUT2D eigenvalue weighted by Gasteiger charge is 2.39. The number of anilines is 1. The molecule has 0 radical (unpaired) electrons. The van der Waals surface area contributed by atoms with Gasteiger partial charge in [0.15, 0.2) is 11.6 Å². The van der Waals surface area contributed by atoms with Crippen molar-refractivity contribution in [2.45, 2.75) is 17.2 Å². The normalized spacial score (nSPS) is 12.9. The van der Waals surface area contributed by atoms with Crippen molar-refractivity contribution in [3.05, 3.63) is 59.2 Å². The molecule has 2 aromatic carbocycles. The molecule has 0 N–H and O–H groups in total. The largest absolute Gasteiger partial charge is 0.416 e. The molecule has 2 rings (SSSR count). The Morgan fingerprint density at radius 2 is 1.22 bits per heavy atom. The molecule has 0 unspecified atom stereocenters. The summed E-state index contributed by atoms with van der Waals surface area (Å²) < 4.78 is 130. The van der Waals surface area contributed by atoms with Gasteiger partial charge in [0.05, 0.1) is 16.0 Å². The number of sulfonamides is 1. The second kappa shape index (κ2) is 6.66. The summed E-state index contributed by atoms with van der Waals surface area (Å²) in [5.74, 6) is -2.74. The molecule has 0 aliphatic carbocycles. The fourth-order valence-electron chi connectivity index (χ4n) is 2.14. The van der Waals surface area contributed by atoms with Crippen molar-refractivity contribution in [1.29, 1.82) is 0 Å². The van der Waals surface area contributed by atoms with Crippen LogP contribution in [0.4, 0.5) is 40.8 Å². The third-order valence-corrected chi connectivity index (χ3v) is 5.21. The average Bonchev–Trinajstić information content (AvgIpc) is 2.52. The van der Waals surface area contributed by atoms with Crippen molar-refractivity contribution >= 4 is 15.7 Å². The number of benzene rings is 2. The quantitative estimate of drug-likeness (QED) is 0.669. The van der Waals surface area contributed by atoms with Crippen molar-refractivity contribution in [3.8, 4) is 0 Å². The number of para-hydroxylation sites is 1. The number of hydrogen-bond acceptors (Lipinski definition) is 2. The zero-order valence-electron chi connectivity index (χ0n) is 13.2. The molecule has 12 heteroatoms. The number of hydrogen-bond donors (Lipinski definition) is 0. The van der Waals surface area contributed by atoms with Crippen molar-refractivity contribution in [3.63, 3.8) is 0 Å². The van der Waals surface area contributed by atoms with Crippen LogP contribution in [-0.4, -0.2) is 15.5 Å². The Hall–Kier alpha value is -2.37. The molecule has 0 aromatic heterocycles. The van der Waals surface area contributed by atoms with E-state index in [-0.39, 0.29) is 22.5 Å². The lowest BCUT2D eigenvalue weighted by Crippen LogP contribution is -2.29. The smallest absolute Gasteiger partial charge is 0.263 e. The van der Waals surface area contributed by atoms with Gasteiger partial charge in [-0.1, -0.05) is 6.07 Å². The Morgan fingerprint density at radius 1 is 0.815 bits per heavy atom. The molecular weight excluding hydrogens is 410 g/mol. The number of rotatable bonds is 3. The van der Waals surface area contributed by atoms with Gasteiger partial charge in [0.1, 0.15) is 5.69 Å². The monoisotopic (exact) mass is 419 g/mol. The first-order valence-electron chi connectivity index (χ1n) is 6.88. The van der Waals surface area contributed by atoms with E-state index in [0.717, 1.165) is 6.07 Å². The van der Waals surface area contributed by atoms with Gasteiger partial charge in [-0.25, -0.2) is 17.2 Å². The fourth-order valence-corrected chi connectivity index (χ4v) is 3.43. The molecule has 0 amide bonds. The van der Waals surface area contributed by atoms with Crippen LogP contribution < -0.4 is 4.31 Å². The van der Waals surface area contributed by atoms with Gasteiger partial charge in [-0.2, -0.15) is 26.3 Å². The van der Waals surface area contributed by atoms with Crippen LogP contribution in [0.5, 0.6) is 0 Å². The van der Waals surface area contributed by atoms with E-state index in [1.54, 1.807) is 0 Å². The summed E-state index contributed by atoms with van der Waals surface area (Å²) >= 11 is 0. The molecule has 2 aromatic rings. The SMILES string of the molecule is CN(c1c(F)cccc1F)S(=O)(=O)c1cc(C(F)(F)F)cc(C(F)(F)F)c1. The summed E-state index contributed by atoms with van der Waals surface area (Å²) in [5.41, 5.74) is -4.90. The van der Waals surface area contributed by atoms with Gasteiger partial charge in [0.2, 0.25) is 0 Å². The Balaban J connectivity index is 2.71.